The van der Waals surface area contributed by atoms with Crippen molar-refractivity contribution in [1.29, 1.82) is 0 Å². The third-order valence-electron chi connectivity index (χ3n) is 2.65. The molecule has 4 nitrogen and oxygen atoms in total. The van der Waals surface area contributed by atoms with Crippen LogP contribution in [0.25, 0.3) is 0 Å². The number of carbonyl (C=O) groups is 2. The number of hydrogen-bond donors (Lipinski definition) is 1. The lowest BCUT2D eigenvalue weighted by Crippen LogP contribution is -2.50. The molecule has 0 aliphatic carbocycles. The first-order valence-corrected chi connectivity index (χ1v) is 7.29. The van der Waals surface area contributed by atoms with Crippen LogP contribution in [0.5, 0.6) is 0 Å². The van der Waals surface area contributed by atoms with Crippen LogP contribution in [0.4, 0.5) is 0 Å². The van der Waals surface area contributed by atoms with Gasteiger partial charge in [-0.2, -0.15) is 11.8 Å². The highest BCUT2D eigenvalue weighted by molar-refractivity contribution is 7.97. The fourth-order valence-electron chi connectivity index (χ4n) is 1.58. The molecule has 0 aromatic heterocycles. The fourth-order valence-corrected chi connectivity index (χ4v) is 2.11. The minimum Gasteiger partial charge on any atom is -0.467 e. The molecule has 0 saturated heterocycles. The van der Waals surface area contributed by atoms with Gasteiger partial charge in [0.25, 0.3) is 5.91 Å². The van der Waals surface area contributed by atoms with E-state index in [9.17, 15) is 9.59 Å². The van der Waals surface area contributed by atoms with E-state index in [2.05, 4.69) is 10.1 Å². The molecule has 104 valence electrons. The molecule has 5 heteroatoms. The van der Waals surface area contributed by atoms with Gasteiger partial charge in [0.2, 0.25) is 0 Å². The Morgan fingerprint density at radius 3 is 2.32 bits per heavy atom. The first kappa shape index (κ1) is 15.6. The van der Waals surface area contributed by atoms with Crippen molar-refractivity contribution >= 4 is 23.6 Å². The molecule has 19 heavy (non-hydrogen) atoms. The molecule has 1 N–H and O–H groups in total. The van der Waals surface area contributed by atoms with E-state index < -0.39 is 11.5 Å². The van der Waals surface area contributed by atoms with Crippen LogP contribution < -0.4 is 5.32 Å². The molecular weight excluding hydrogens is 262 g/mol. The quantitative estimate of drug-likeness (QED) is 0.841. The Morgan fingerprint density at radius 2 is 1.84 bits per heavy atom. The minimum absolute atomic E-state index is 0.286. The number of benzene rings is 1. The van der Waals surface area contributed by atoms with Gasteiger partial charge in [-0.15, -0.1) is 0 Å². The van der Waals surface area contributed by atoms with Crippen LogP contribution in [-0.2, 0) is 15.3 Å². The monoisotopic (exact) mass is 281 g/mol. The highest BCUT2D eigenvalue weighted by atomic mass is 32.2. The van der Waals surface area contributed by atoms with Gasteiger partial charge in [-0.1, -0.05) is 12.1 Å². The summed E-state index contributed by atoms with van der Waals surface area (Å²) in [7, 11) is 1.30. The first-order chi connectivity index (χ1) is 8.90. The topological polar surface area (TPSA) is 55.4 Å². The van der Waals surface area contributed by atoms with Gasteiger partial charge in [-0.3, -0.25) is 4.79 Å². The Labute approximate surface area is 117 Å². The van der Waals surface area contributed by atoms with Gasteiger partial charge in [-0.25, -0.2) is 4.79 Å². The smallest absolute Gasteiger partial charge is 0.330 e. The summed E-state index contributed by atoms with van der Waals surface area (Å²) in [6.07, 6.45) is 2.03. The van der Waals surface area contributed by atoms with Gasteiger partial charge in [0, 0.05) is 11.3 Å². The molecule has 0 heterocycles. The lowest BCUT2D eigenvalue weighted by molar-refractivity contribution is -0.146. The van der Waals surface area contributed by atoms with Crippen molar-refractivity contribution in [2.45, 2.75) is 25.1 Å². The van der Waals surface area contributed by atoms with Gasteiger partial charge < -0.3 is 10.1 Å². The molecule has 0 atom stereocenters. The van der Waals surface area contributed by atoms with Crippen molar-refractivity contribution in [3.05, 3.63) is 35.4 Å². The van der Waals surface area contributed by atoms with Crippen LogP contribution in [0.15, 0.2) is 24.3 Å². The van der Waals surface area contributed by atoms with E-state index >= 15 is 0 Å². The highest BCUT2D eigenvalue weighted by Gasteiger charge is 2.30. The van der Waals surface area contributed by atoms with E-state index in [1.807, 2.05) is 18.4 Å². The van der Waals surface area contributed by atoms with Crippen molar-refractivity contribution in [3.63, 3.8) is 0 Å². The average Bonchev–Trinajstić information content (AvgIpc) is 2.38. The zero-order valence-corrected chi connectivity index (χ0v) is 12.5. The average molecular weight is 281 g/mol. The lowest BCUT2D eigenvalue weighted by atomic mass is 10.0. The standard InChI is InChI=1S/C14H19NO3S/c1-14(2,13(17)18-3)15-12(16)11-7-5-10(6-8-11)9-19-4/h5-8H,9H2,1-4H3,(H,15,16). The molecule has 0 unspecified atom stereocenters. The van der Waals surface area contributed by atoms with E-state index in [0.29, 0.717) is 5.56 Å². The number of methoxy groups -OCH3 is 1. The Kier molecular flexibility index (Phi) is 5.42. The van der Waals surface area contributed by atoms with Crippen molar-refractivity contribution in [3.8, 4) is 0 Å². The van der Waals surface area contributed by atoms with Gasteiger partial charge >= 0.3 is 5.97 Å². The van der Waals surface area contributed by atoms with Crippen molar-refractivity contribution in [2.24, 2.45) is 0 Å². The largest absolute Gasteiger partial charge is 0.467 e. The summed E-state index contributed by atoms with van der Waals surface area (Å²) in [6, 6.07) is 7.34. The molecule has 1 aromatic rings. The molecule has 0 spiro atoms. The number of rotatable bonds is 5. The van der Waals surface area contributed by atoms with E-state index in [0.717, 1.165) is 11.3 Å². The summed E-state index contributed by atoms with van der Waals surface area (Å²) in [6.45, 7) is 3.22. The number of carbonyl (C=O) groups excluding carboxylic acids is 2. The number of amides is 1. The zero-order valence-electron chi connectivity index (χ0n) is 11.6. The number of thioether (sulfide) groups is 1. The third-order valence-corrected chi connectivity index (χ3v) is 3.27. The van der Waals surface area contributed by atoms with Crippen LogP contribution >= 0.6 is 11.8 Å². The Morgan fingerprint density at radius 1 is 1.26 bits per heavy atom. The SMILES string of the molecule is COC(=O)C(C)(C)NC(=O)c1ccc(CSC)cc1. The van der Waals surface area contributed by atoms with E-state index in [1.54, 1.807) is 37.7 Å². The van der Waals surface area contributed by atoms with Gasteiger partial charge in [0.1, 0.15) is 5.54 Å². The van der Waals surface area contributed by atoms with E-state index in [4.69, 9.17) is 0 Å². The Balaban J connectivity index is 2.75. The molecule has 0 radical (unpaired) electrons. The Hall–Kier alpha value is -1.49. The van der Waals surface area contributed by atoms with Crippen LogP contribution in [0, 0.1) is 0 Å². The van der Waals surface area contributed by atoms with Gasteiger partial charge in [0.15, 0.2) is 0 Å². The normalized spacial score (nSPS) is 10.9. The predicted octanol–water partition coefficient (Wildman–Crippen LogP) is 2.23. The molecular formula is C14H19NO3S. The van der Waals surface area contributed by atoms with Crippen LogP contribution in [-0.4, -0.2) is 30.8 Å². The molecule has 0 aliphatic heterocycles. The molecule has 1 rings (SSSR count). The van der Waals surface area contributed by atoms with Gasteiger partial charge in [-0.05, 0) is 37.8 Å². The second-order valence-electron chi connectivity index (χ2n) is 4.70. The fraction of sp³-hybridized carbons (Fsp3) is 0.429. The van der Waals surface area contributed by atoms with Crippen molar-refractivity contribution < 1.29 is 14.3 Å². The summed E-state index contributed by atoms with van der Waals surface area (Å²) in [4.78, 5) is 23.5. The summed E-state index contributed by atoms with van der Waals surface area (Å²) in [5.74, 6) is 0.154. The van der Waals surface area contributed by atoms with Crippen molar-refractivity contribution in [2.75, 3.05) is 13.4 Å². The molecule has 0 aliphatic rings. The number of esters is 1. The predicted molar refractivity (Wildman–Crippen MR) is 77.2 cm³/mol. The second kappa shape index (κ2) is 6.61. The summed E-state index contributed by atoms with van der Waals surface area (Å²) < 4.78 is 4.65. The number of nitrogens with one attached hydrogen (secondary N) is 1. The highest BCUT2D eigenvalue weighted by Crippen LogP contribution is 2.12. The summed E-state index contributed by atoms with van der Waals surface area (Å²) in [5, 5.41) is 2.66. The van der Waals surface area contributed by atoms with Crippen LogP contribution in [0.3, 0.4) is 0 Å². The molecule has 0 saturated carbocycles. The maximum Gasteiger partial charge on any atom is 0.330 e. The maximum atomic E-state index is 12.0. The zero-order chi connectivity index (χ0) is 14.5. The van der Waals surface area contributed by atoms with Crippen LogP contribution in [0.1, 0.15) is 29.8 Å². The first-order valence-electron chi connectivity index (χ1n) is 5.89. The minimum atomic E-state index is -1.04. The number of hydrogen-bond acceptors (Lipinski definition) is 4. The lowest BCUT2D eigenvalue weighted by Gasteiger charge is -2.23. The van der Waals surface area contributed by atoms with E-state index in [1.165, 1.54) is 7.11 Å². The molecule has 0 fully saturated rings. The second-order valence-corrected chi connectivity index (χ2v) is 5.57. The van der Waals surface area contributed by atoms with Crippen molar-refractivity contribution in [1.82, 2.24) is 5.32 Å². The Bertz CT molecular complexity index is 454. The molecule has 1 amide bonds. The molecule has 0 bridgehead atoms. The van der Waals surface area contributed by atoms with Crippen LogP contribution in [0.2, 0.25) is 0 Å². The molecule has 1 aromatic carbocycles. The summed E-state index contributed by atoms with van der Waals surface area (Å²) in [5.41, 5.74) is 0.655. The maximum absolute atomic E-state index is 12.0. The van der Waals surface area contributed by atoms with Gasteiger partial charge in [0.05, 0.1) is 7.11 Å². The summed E-state index contributed by atoms with van der Waals surface area (Å²) >= 11 is 1.72. The number of ether oxygens (including phenoxy) is 1. The third kappa shape index (κ3) is 4.28. The van der Waals surface area contributed by atoms with E-state index in [-0.39, 0.29) is 5.91 Å².